The van der Waals surface area contributed by atoms with Crippen molar-refractivity contribution in [1.29, 1.82) is 0 Å². The van der Waals surface area contributed by atoms with E-state index < -0.39 is 11.9 Å². The van der Waals surface area contributed by atoms with Crippen LogP contribution in [0.3, 0.4) is 0 Å². The summed E-state index contributed by atoms with van der Waals surface area (Å²) < 4.78 is 19.3. The Balaban J connectivity index is 3.51. The van der Waals surface area contributed by atoms with Crippen LogP contribution in [0.2, 0.25) is 0 Å². The quantitative estimate of drug-likeness (QED) is 0.186. The van der Waals surface area contributed by atoms with Gasteiger partial charge in [-0.2, -0.15) is 0 Å². The van der Waals surface area contributed by atoms with E-state index in [0.29, 0.717) is 32.1 Å². The lowest BCUT2D eigenvalue weighted by atomic mass is 10.1. The second kappa shape index (κ2) is 19.2. The molecule has 0 fully saturated rings. The minimum Gasteiger partial charge on any atom is -0.428 e. The van der Waals surface area contributed by atoms with Gasteiger partial charge in [0.2, 0.25) is 13.6 Å². The van der Waals surface area contributed by atoms with E-state index in [1.54, 1.807) is 0 Å². The molecule has 0 aliphatic heterocycles. The van der Waals surface area contributed by atoms with Crippen LogP contribution in [-0.2, 0) is 38.1 Å². The van der Waals surface area contributed by atoms with Gasteiger partial charge in [-0.1, -0.05) is 46.0 Å². The fraction of sp³-hybridized carbons (Fsp3) is 0.810. The molecular weight excluding hydrogens is 380 g/mol. The number of esters is 4. The van der Waals surface area contributed by atoms with E-state index in [1.807, 2.05) is 13.8 Å². The topological polar surface area (TPSA) is 105 Å². The Morgan fingerprint density at radius 2 is 0.724 bits per heavy atom. The molecular formula is C21H36O8. The van der Waals surface area contributed by atoms with Crippen molar-refractivity contribution in [2.24, 2.45) is 0 Å². The lowest BCUT2D eigenvalue weighted by molar-refractivity contribution is -0.168. The molecule has 168 valence electrons. The fourth-order valence-corrected chi connectivity index (χ4v) is 2.36. The Morgan fingerprint density at radius 1 is 0.448 bits per heavy atom. The van der Waals surface area contributed by atoms with Crippen molar-refractivity contribution in [3.63, 3.8) is 0 Å². The van der Waals surface area contributed by atoms with Gasteiger partial charge in [0.05, 0.1) is 0 Å². The summed E-state index contributed by atoms with van der Waals surface area (Å²) in [6.45, 7) is 3.38. The maximum Gasteiger partial charge on any atom is 0.308 e. The zero-order valence-corrected chi connectivity index (χ0v) is 17.9. The van der Waals surface area contributed by atoms with Crippen LogP contribution in [-0.4, -0.2) is 37.5 Å². The highest BCUT2D eigenvalue weighted by Crippen LogP contribution is 2.06. The van der Waals surface area contributed by atoms with Gasteiger partial charge < -0.3 is 18.9 Å². The number of unbranched alkanes of at least 4 members (excludes halogenated alkanes) is 6. The minimum atomic E-state index is -0.441. The molecule has 0 aliphatic rings. The average molecular weight is 417 g/mol. The second-order valence-corrected chi connectivity index (χ2v) is 6.78. The van der Waals surface area contributed by atoms with E-state index in [-0.39, 0.29) is 38.4 Å². The lowest BCUT2D eigenvalue weighted by Crippen LogP contribution is -2.13. The van der Waals surface area contributed by atoms with Gasteiger partial charge in [-0.15, -0.1) is 0 Å². The van der Waals surface area contributed by atoms with Gasteiger partial charge in [0.15, 0.2) is 0 Å². The summed E-state index contributed by atoms with van der Waals surface area (Å²) in [7, 11) is 0. The van der Waals surface area contributed by atoms with Crippen LogP contribution >= 0.6 is 0 Å². The Morgan fingerprint density at radius 3 is 1.00 bits per heavy atom. The molecule has 0 atom stereocenters. The van der Waals surface area contributed by atoms with Crippen LogP contribution in [0.25, 0.3) is 0 Å². The first kappa shape index (κ1) is 26.9. The summed E-state index contributed by atoms with van der Waals surface area (Å²) in [5.41, 5.74) is 0. The highest BCUT2D eigenvalue weighted by molar-refractivity contribution is 5.71. The van der Waals surface area contributed by atoms with Crippen molar-refractivity contribution in [2.75, 3.05) is 13.6 Å². The number of carbonyl (C=O) groups is 4. The second-order valence-electron chi connectivity index (χ2n) is 6.78. The van der Waals surface area contributed by atoms with Gasteiger partial charge in [-0.3, -0.25) is 19.2 Å². The monoisotopic (exact) mass is 416 g/mol. The average Bonchev–Trinajstić information content (AvgIpc) is 2.68. The van der Waals surface area contributed by atoms with Crippen molar-refractivity contribution < 1.29 is 38.1 Å². The molecule has 0 aliphatic carbocycles. The molecule has 8 nitrogen and oxygen atoms in total. The normalized spacial score (nSPS) is 10.3. The van der Waals surface area contributed by atoms with E-state index in [9.17, 15) is 19.2 Å². The zero-order chi connectivity index (χ0) is 21.7. The molecule has 29 heavy (non-hydrogen) atoms. The molecule has 8 heteroatoms. The smallest absolute Gasteiger partial charge is 0.308 e. The van der Waals surface area contributed by atoms with Crippen molar-refractivity contribution in [2.45, 2.75) is 97.3 Å². The molecule has 0 aromatic heterocycles. The first-order chi connectivity index (χ1) is 14.0. The molecule has 0 radical (unpaired) electrons. The van der Waals surface area contributed by atoms with Crippen molar-refractivity contribution in [3.05, 3.63) is 0 Å². The maximum absolute atomic E-state index is 11.5. The Kier molecular flexibility index (Phi) is 17.8. The number of hydrogen-bond acceptors (Lipinski definition) is 8. The van der Waals surface area contributed by atoms with Crippen molar-refractivity contribution in [3.8, 4) is 0 Å². The zero-order valence-electron chi connectivity index (χ0n) is 17.9. The maximum atomic E-state index is 11.5. The minimum absolute atomic E-state index is 0.192. The van der Waals surface area contributed by atoms with Gasteiger partial charge in [-0.05, 0) is 25.7 Å². The highest BCUT2D eigenvalue weighted by Gasteiger charge is 2.08. The predicted molar refractivity (Wildman–Crippen MR) is 105 cm³/mol. The van der Waals surface area contributed by atoms with Gasteiger partial charge in [0, 0.05) is 25.7 Å². The van der Waals surface area contributed by atoms with E-state index in [1.165, 1.54) is 0 Å². The summed E-state index contributed by atoms with van der Waals surface area (Å²) in [4.78, 5) is 45.8. The molecule has 0 spiro atoms. The molecule has 0 saturated carbocycles. The first-order valence-electron chi connectivity index (χ1n) is 10.6. The van der Waals surface area contributed by atoms with Gasteiger partial charge in [0.1, 0.15) is 0 Å². The third-order valence-corrected chi connectivity index (χ3v) is 4.11. The Bertz CT molecular complexity index is 433. The van der Waals surface area contributed by atoms with Gasteiger partial charge in [-0.25, -0.2) is 0 Å². The van der Waals surface area contributed by atoms with Gasteiger partial charge >= 0.3 is 23.9 Å². The summed E-state index contributed by atoms with van der Waals surface area (Å²) in [6.07, 6.45) is 8.33. The summed E-state index contributed by atoms with van der Waals surface area (Å²) in [5, 5.41) is 0. The molecule has 0 aromatic carbocycles. The molecule has 0 heterocycles. The highest BCUT2D eigenvalue weighted by atomic mass is 16.7. The molecule has 0 rings (SSSR count). The third kappa shape index (κ3) is 19.0. The molecule has 0 N–H and O–H groups in total. The molecule has 0 unspecified atom stereocenters. The lowest BCUT2D eigenvalue weighted by Gasteiger charge is -2.07. The number of hydrogen-bond donors (Lipinski definition) is 0. The summed E-state index contributed by atoms with van der Waals surface area (Å²) >= 11 is 0. The SMILES string of the molecule is CCCCCC(=O)OCOC(=O)CCCCCC(=O)OCOC(=O)CCCCC. The Labute approximate surface area is 173 Å². The third-order valence-electron chi connectivity index (χ3n) is 4.11. The first-order valence-corrected chi connectivity index (χ1v) is 10.6. The molecule has 0 saturated heterocycles. The van der Waals surface area contributed by atoms with Crippen LogP contribution in [0.1, 0.15) is 97.3 Å². The summed E-state index contributed by atoms with van der Waals surface area (Å²) in [5.74, 6) is -1.61. The van der Waals surface area contributed by atoms with Gasteiger partial charge in [0.25, 0.3) is 0 Å². The van der Waals surface area contributed by atoms with Crippen LogP contribution in [0.5, 0.6) is 0 Å². The predicted octanol–water partition coefficient (Wildman–Crippen LogP) is 4.19. The standard InChI is InChI=1S/C21H36O8/c1-3-5-8-12-18(22)26-16-28-20(24)14-10-7-11-15-21(25)29-17-27-19(23)13-9-6-4-2/h3-17H2,1-2H3. The number of ether oxygens (including phenoxy) is 4. The molecule has 0 amide bonds. The molecule has 0 aromatic rings. The van der Waals surface area contributed by atoms with Crippen molar-refractivity contribution >= 4 is 23.9 Å². The fourth-order valence-electron chi connectivity index (χ4n) is 2.36. The van der Waals surface area contributed by atoms with E-state index in [2.05, 4.69) is 0 Å². The van der Waals surface area contributed by atoms with E-state index in [0.717, 1.165) is 38.5 Å². The van der Waals surface area contributed by atoms with Crippen LogP contribution in [0.15, 0.2) is 0 Å². The number of carbonyl (C=O) groups excluding carboxylic acids is 4. The van der Waals surface area contributed by atoms with Crippen LogP contribution in [0.4, 0.5) is 0 Å². The van der Waals surface area contributed by atoms with Crippen molar-refractivity contribution in [1.82, 2.24) is 0 Å². The van der Waals surface area contributed by atoms with E-state index >= 15 is 0 Å². The van der Waals surface area contributed by atoms with Crippen LogP contribution in [0, 0.1) is 0 Å². The van der Waals surface area contributed by atoms with E-state index in [4.69, 9.17) is 18.9 Å². The largest absolute Gasteiger partial charge is 0.428 e. The number of rotatable bonds is 18. The van der Waals surface area contributed by atoms with Crippen LogP contribution < -0.4 is 0 Å². The molecule has 0 bridgehead atoms. The summed E-state index contributed by atoms with van der Waals surface area (Å²) in [6, 6.07) is 0. The Hall–Kier alpha value is -2.12.